The Kier molecular flexibility index (Phi) is 6.06. The minimum absolute atomic E-state index is 0.254. The Balaban J connectivity index is 1.70. The summed E-state index contributed by atoms with van der Waals surface area (Å²) in [4.78, 5) is 38.2. The average Bonchev–Trinajstić information content (AvgIpc) is 2.92. The molecule has 3 amide bonds. The van der Waals surface area contributed by atoms with Crippen LogP contribution in [0.25, 0.3) is 6.08 Å². The lowest BCUT2D eigenvalue weighted by molar-refractivity contribution is -0.127. The molecule has 1 N–H and O–H groups in total. The van der Waals surface area contributed by atoms with Crippen LogP contribution in [0.4, 0.5) is 10.5 Å². The fraction of sp³-hybridized carbons (Fsp3) is 0.150. The monoisotopic (exact) mass is 416 g/mol. The van der Waals surface area contributed by atoms with E-state index < -0.39 is 17.1 Å². The quantitative estimate of drug-likeness (QED) is 0.734. The zero-order valence-electron chi connectivity index (χ0n) is 15.2. The SMILES string of the molecule is COc1cccc(/C=C2/SC(=O)N(CC(=O)Nc3ccc(C)c(Cl)c3)C2=O)c1. The molecule has 6 nitrogen and oxygen atoms in total. The van der Waals surface area contributed by atoms with Crippen molar-refractivity contribution < 1.29 is 19.1 Å². The summed E-state index contributed by atoms with van der Waals surface area (Å²) >= 11 is 6.84. The lowest BCUT2D eigenvalue weighted by Crippen LogP contribution is -2.36. The summed E-state index contributed by atoms with van der Waals surface area (Å²) in [5.74, 6) is -0.344. The van der Waals surface area contributed by atoms with Gasteiger partial charge in [0.2, 0.25) is 5.91 Å². The van der Waals surface area contributed by atoms with Gasteiger partial charge in [0.1, 0.15) is 12.3 Å². The smallest absolute Gasteiger partial charge is 0.294 e. The molecule has 28 heavy (non-hydrogen) atoms. The molecule has 1 saturated heterocycles. The second kappa shape index (κ2) is 8.50. The first-order valence-electron chi connectivity index (χ1n) is 8.33. The number of methoxy groups -OCH3 is 1. The molecule has 3 rings (SSSR count). The maximum absolute atomic E-state index is 12.5. The van der Waals surface area contributed by atoms with Crippen molar-refractivity contribution in [1.82, 2.24) is 4.90 Å². The molecule has 8 heteroatoms. The zero-order valence-corrected chi connectivity index (χ0v) is 16.8. The molecule has 0 spiro atoms. The highest BCUT2D eigenvalue weighted by molar-refractivity contribution is 8.18. The van der Waals surface area contributed by atoms with Crippen molar-refractivity contribution in [2.45, 2.75) is 6.92 Å². The average molecular weight is 417 g/mol. The molecule has 0 radical (unpaired) electrons. The summed E-state index contributed by atoms with van der Waals surface area (Å²) in [5, 5.41) is 2.67. The van der Waals surface area contributed by atoms with Crippen LogP contribution in [0.2, 0.25) is 5.02 Å². The van der Waals surface area contributed by atoms with Crippen molar-refractivity contribution in [3.05, 3.63) is 63.5 Å². The number of nitrogens with zero attached hydrogens (tertiary/aromatic N) is 1. The van der Waals surface area contributed by atoms with Gasteiger partial charge in [0.15, 0.2) is 0 Å². The summed E-state index contributed by atoms with van der Waals surface area (Å²) in [6, 6.07) is 12.2. The summed E-state index contributed by atoms with van der Waals surface area (Å²) in [5.41, 5.74) is 2.11. The Bertz CT molecular complexity index is 990. The Morgan fingerprint density at radius 3 is 2.75 bits per heavy atom. The molecule has 1 aliphatic heterocycles. The number of carbonyl (C=O) groups excluding carboxylic acids is 3. The van der Waals surface area contributed by atoms with Crippen molar-refractivity contribution in [3.8, 4) is 5.75 Å². The van der Waals surface area contributed by atoms with Crippen molar-refractivity contribution in [2.75, 3.05) is 19.0 Å². The normalized spacial score (nSPS) is 15.2. The lowest BCUT2D eigenvalue weighted by atomic mass is 10.2. The maximum atomic E-state index is 12.5. The fourth-order valence-corrected chi connectivity index (χ4v) is 3.55. The number of ether oxygens (including phenoxy) is 1. The van der Waals surface area contributed by atoms with Gasteiger partial charge >= 0.3 is 0 Å². The van der Waals surface area contributed by atoms with Gasteiger partial charge in [-0.05, 0) is 60.2 Å². The molecule has 2 aromatic rings. The summed E-state index contributed by atoms with van der Waals surface area (Å²) in [6.45, 7) is 1.48. The van der Waals surface area contributed by atoms with Crippen LogP contribution in [0.1, 0.15) is 11.1 Å². The third kappa shape index (κ3) is 4.55. The van der Waals surface area contributed by atoms with Crippen LogP contribution in [0, 0.1) is 6.92 Å². The minimum atomic E-state index is -0.505. The Morgan fingerprint density at radius 1 is 1.25 bits per heavy atom. The number of rotatable bonds is 5. The van der Waals surface area contributed by atoms with Gasteiger partial charge in [-0.1, -0.05) is 29.8 Å². The van der Waals surface area contributed by atoms with E-state index in [0.717, 1.165) is 27.8 Å². The van der Waals surface area contributed by atoms with Crippen molar-refractivity contribution >= 4 is 52.2 Å². The van der Waals surface area contributed by atoms with E-state index in [1.54, 1.807) is 55.7 Å². The van der Waals surface area contributed by atoms with Crippen molar-refractivity contribution in [3.63, 3.8) is 0 Å². The first-order valence-corrected chi connectivity index (χ1v) is 9.52. The molecule has 0 atom stereocenters. The summed E-state index contributed by atoms with van der Waals surface area (Å²) in [7, 11) is 1.55. The molecule has 0 aromatic heterocycles. The maximum Gasteiger partial charge on any atom is 0.294 e. The van der Waals surface area contributed by atoms with E-state index in [1.807, 2.05) is 6.92 Å². The number of amides is 3. The molecule has 0 saturated carbocycles. The fourth-order valence-electron chi connectivity index (χ4n) is 2.53. The van der Waals surface area contributed by atoms with Crippen LogP contribution in [0.3, 0.4) is 0 Å². The van der Waals surface area contributed by atoms with E-state index in [0.29, 0.717) is 16.5 Å². The van der Waals surface area contributed by atoms with Crippen LogP contribution in [-0.4, -0.2) is 35.6 Å². The van der Waals surface area contributed by atoms with Gasteiger partial charge in [0.25, 0.3) is 11.1 Å². The number of hydrogen-bond acceptors (Lipinski definition) is 5. The zero-order chi connectivity index (χ0) is 20.3. The van der Waals surface area contributed by atoms with E-state index in [2.05, 4.69) is 5.32 Å². The van der Waals surface area contributed by atoms with E-state index >= 15 is 0 Å². The Hall–Kier alpha value is -2.77. The number of hydrogen-bond donors (Lipinski definition) is 1. The third-order valence-corrected chi connectivity index (χ3v) is 5.34. The third-order valence-electron chi connectivity index (χ3n) is 4.02. The van der Waals surface area contributed by atoms with Gasteiger partial charge < -0.3 is 10.1 Å². The molecule has 1 fully saturated rings. The van der Waals surface area contributed by atoms with Gasteiger partial charge in [-0.3, -0.25) is 19.3 Å². The highest BCUT2D eigenvalue weighted by Crippen LogP contribution is 2.32. The van der Waals surface area contributed by atoms with Gasteiger partial charge in [-0.25, -0.2) is 0 Å². The second-order valence-corrected chi connectivity index (χ2v) is 7.46. The standard InChI is InChI=1S/C20H17ClN2O4S/c1-12-6-7-14(10-16(12)21)22-18(24)11-23-19(25)17(28-20(23)26)9-13-4-3-5-15(8-13)27-2/h3-10H,11H2,1-2H3,(H,22,24)/b17-9+. The van der Waals surface area contributed by atoms with Crippen LogP contribution in [0.5, 0.6) is 5.75 Å². The van der Waals surface area contributed by atoms with E-state index in [9.17, 15) is 14.4 Å². The van der Waals surface area contributed by atoms with Crippen LogP contribution >= 0.6 is 23.4 Å². The number of aryl methyl sites for hydroxylation is 1. The molecule has 1 aliphatic rings. The van der Waals surface area contributed by atoms with Crippen molar-refractivity contribution in [1.29, 1.82) is 0 Å². The summed E-state index contributed by atoms with van der Waals surface area (Å²) in [6.07, 6.45) is 1.60. The number of benzene rings is 2. The topological polar surface area (TPSA) is 75.7 Å². The van der Waals surface area contributed by atoms with Crippen LogP contribution in [-0.2, 0) is 9.59 Å². The largest absolute Gasteiger partial charge is 0.497 e. The van der Waals surface area contributed by atoms with E-state index in [-0.39, 0.29) is 11.4 Å². The summed E-state index contributed by atoms with van der Waals surface area (Å²) < 4.78 is 5.15. The van der Waals surface area contributed by atoms with Gasteiger partial charge in [-0.2, -0.15) is 0 Å². The molecular weight excluding hydrogens is 400 g/mol. The number of carbonyl (C=O) groups is 3. The first-order chi connectivity index (χ1) is 13.4. The van der Waals surface area contributed by atoms with Gasteiger partial charge in [0, 0.05) is 10.7 Å². The molecule has 1 heterocycles. The van der Waals surface area contributed by atoms with Gasteiger partial charge in [0.05, 0.1) is 12.0 Å². The van der Waals surface area contributed by atoms with E-state index in [4.69, 9.17) is 16.3 Å². The molecular formula is C20H17ClN2O4S. The Morgan fingerprint density at radius 2 is 2.04 bits per heavy atom. The van der Waals surface area contributed by atoms with Gasteiger partial charge in [-0.15, -0.1) is 0 Å². The molecule has 0 aliphatic carbocycles. The molecule has 2 aromatic carbocycles. The lowest BCUT2D eigenvalue weighted by Gasteiger charge is -2.13. The number of nitrogens with one attached hydrogen (secondary N) is 1. The number of halogens is 1. The number of thioether (sulfide) groups is 1. The van der Waals surface area contributed by atoms with Crippen LogP contribution in [0.15, 0.2) is 47.4 Å². The predicted octanol–water partition coefficient (Wildman–Crippen LogP) is 4.33. The number of imide groups is 1. The highest BCUT2D eigenvalue weighted by Gasteiger charge is 2.36. The Labute approximate surface area is 171 Å². The van der Waals surface area contributed by atoms with Crippen molar-refractivity contribution in [2.24, 2.45) is 0 Å². The van der Waals surface area contributed by atoms with E-state index in [1.165, 1.54) is 0 Å². The highest BCUT2D eigenvalue weighted by atomic mass is 35.5. The molecule has 0 bridgehead atoms. The first kappa shape index (κ1) is 20.0. The number of anilines is 1. The van der Waals surface area contributed by atoms with Crippen LogP contribution < -0.4 is 10.1 Å². The predicted molar refractivity (Wildman–Crippen MR) is 110 cm³/mol. The second-order valence-electron chi connectivity index (χ2n) is 6.06. The molecule has 144 valence electrons. The minimum Gasteiger partial charge on any atom is -0.497 e. The molecule has 0 unspecified atom stereocenters.